The van der Waals surface area contributed by atoms with Gasteiger partial charge in [0.15, 0.2) is 0 Å². The highest BCUT2D eigenvalue weighted by Crippen LogP contribution is 2.26. The summed E-state index contributed by atoms with van der Waals surface area (Å²) in [6.07, 6.45) is 3.26. The fraction of sp³-hybridized carbons (Fsp3) is 0.692. The Bertz CT molecular complexity index is 596. The zero-order valence-corrected chi connectivity index (χ0v) is 13.2. The Morgan fingerprint density at radius 1 is 1.57 bits per heavy atom. The van der Waals surface area contributed by atoms with Crippen LogP contribution in [0.2, 0.25) is 0 Å². The third kappa shape index (κ3) is 4.82. The molecule has 1 aliphatic heterocycles. The van der Waals surface area contributed by atoms with Crippen LogP contribution in [0.15, 0.2) is 6.07 Å². The molecule has 0 unspecified atom stereocenters. The summed E-state index contributed by atoms with van der Waals surface area (Å²) in [4.78, 5) is 13.9. The molecule has 118 valence electrons. The molecule has 1 aromatic rings. The third-order valence-corrected chi connectivity index (χ3v) is 4.35. The number of aromatic amines is 1. The number of sulfonamides is 1. The van der Waals surface area contributed by atoms with Crippen molar-refractivity contribution in [3.8, 4) is 0 Å². The molecule has 0 bridgehead atoms. The molecule has 2 rings (SSSR count). The number of aryl methyl sites for hydroxylation is 1. The van der Waals surface area contributed by atoms with Crippen molar-refractivity contribution in [1.29, 1.82) is 0 Å². The zero-order chi connectivity index (χ0) is 15.5. The first-order valence-corrected chi connectivity index (χ1v) is 8.98. The molecule has 0 spiro atoms. The lowest BCUT2D eigenvalue weighted by Crippen LogP contribution is -2.40. The highest BCUT2D eigenvalue weighted by atomic mass is 32.2. The van der Waals surface area contributed by atoms with Gasteiger partial charge in [0, 0.05) is 37.7 Å². The monoisotopic (exact) mass is 314 g/mol. The largest absolute Gasteiger partial charge is 0.342 e. The smallest absolute Gasteiger partial charge is 0.223 e. The van der Waals surface area contributed by atoms with E-state index in [2.05, 4.69) is 14.9 Å². The molecular weight excluding hydrogens is 292 g/mol. The Balaban J connectivity index is 1.87. The topological polar surface area (TPSA) is 95.2 Å². The number of piperidine rings is 1. The second-order valence-corrected chi connectivity index (χ2v) is 7.40. The van der Waals surface area contributed by atoms with Crippen LogP contribution in [0.3, 0.4) is 0 Å². The summed E-state index contributed by atoms with van der Waals surface area (Å²) < 4.78 is 24.3. The minimum Gasteiger partial charge on any atom is -0.342 e. The van der Waals surface area contributed by atoms with Gasteiger partial charge >= 0.3 is 0 Å². The molecular formula is C13H22N4O3S. The second kappa shape index (κ2) is 6.57. The number of amides is 1. The Morgan fingerprint density at radius 2 is 2.33 bits per heavy atom. The SMILES string of the molecule is Cc1cc([C@@H]2CCCN(C(=O)CCNS(C)(=O)=O)C2)n[nH]1. The maximum absolute atomic E-state index is 12.1. The van der Waals surface area contributed by atoms with Gasteiger partial charge in [-0.15, -0.1) is 0 Å². The van der Waals surface area contributed by atoms with E-state index in [4.69, 9.17) is 0 Å². The Morgan fingerprint density at radius 3 is 2.95 bits per heavy atom. The molecule has 8 heteroatoms. The summed E-state index contributed by atoms with van der Waals surface area (Å²) in [6, 6.07) is 2.02. The fourth-order valence-corrected chi connectivity index (χ4v) is 3.07. The van der Waals surface area contributed by atoms with Crippen molar-refractivity contribution in [2.75, 3.05) is 25.9 Å². The standard InChI is InChI=1S/C13H22N4O3S/c1-10-8-12(16-15-10)11-4-3-7-17(9-11)13(18)5-6-14-21(2,19)20/h8,11,14H,3-7,9H2,1-2H3,(H,15,16)/t11-/m1/s1. The van der Waals surface area contributed by atoms with Gasteiger partial charge in [0.2, 0.25) is 15.9 Å². The number of likely N-dealkylation sites (tertiary alicyclic amines) is 1. The van der Waals surface area contributed by atoms with Gasteiger partial charge in [-0.1, -0.05) is 0 Å². The van der Waals surface area contributed by atoms with E-state index in [9.17, 15) is 13.2 Å². The normalized spacial score (nSPS) is 19.7. The van der Waals surface area contributed by atoms with E-state index in [-0.39, 0.29) is 24.8 Å². The van der Waals surface area contributed by atoms with Crippen molar-refractivity contribution in [3.63, 3.8) is 0 Å². The number of hydrogen-bond acceptors (Lipinski definition) is 4. The van der Waals surface area contributed by atoms with Crippen LogP contribution >= 0.6 is 0 Å². The zero-order valence-electron chi connectivity index (χ0n) is 12.4. The number of H-pyrrole nitrogens is 1. The molecule has 7 nitrogen and oxygen atoms in total. The van der Waals surface area contributed by atoms with E-state index < -0.39 is 10.0 Å². The van der Waals surface area contributed by atoms with Gasteiger partial charge in [-0.3, -0.25) is 9.89 Å². The fourth-order valence-electron chi connectivity index (χ4n) is 2.59. The second-order valence-electron chi connectivity index (χ2n) is 5.57. The number of aromatic nitrogens is 2. The van der Waals surface area contributed by atoms with Crippen molar-refractivity contribution < 1.29 is 13.2 Å². The van der Waals surface area contributed by atoms with Crippen LogP contribution < -0.4 is 4.72 Å². The molecule has 1 fully saturated rings. The summed E-state index contributed by atoms with van der Waals surface area (Å²) in [6.45, 7) is 3.50. The first-order valence-electron chi connectivity index (χ1n) is 7.09. The van der Waals surface area contributed by atoms with Crippen LogP contribution in [0.5, 0.6) is 0 Å². The van der Waals surface area contributed by atoms with E-state index in [1.807, 2.05) is 17.9 Å². The summed E-state index contributed by atoms with van der Waals surface area (Å²) in [5, 5.41) is 7.20. The first-order chi connectivity index (χ1) is 9.85. The molecule has 1 aromatic heterocycles. The van der Waals surface area contributed by atoms with E-state index in [1.165, 1.54) is 0 Å². The lowest BCUT2D eigenvalue weighted by molar-refractivity contribution is -0.132. The number of rotatable bonds is 5. The van der Waals surface area contributed by atoms with Gasteiger partial charge in [0.25, 0.3) is 0 Å². The molecule has 2 heterocycles. The van der Waals surface area contributed by atoms with E-state index >= 15 is 0 Å². The maximum atomic E-state index is 12.1. The minimum atomic E-state index is -3.24. The molecule has 0 aliphatic carbocycles. The van der Waals surface area contributed by atoms with Gasteiger partial charge in [-0.2, -0.15) is 5.10 Å². The van der Waals surface area contributed by atoms with Gasteiger partial charge in [0.05, 0.1) is 11.9 Å². The number of nitrogens with zero attached hydrogens (tertiary/aromatic N) is 2. The van der Waals surface area contributed by atoms with Gasteiger partial charge < -0.3 is 4.90 Å². The summed E-state index contributed by atoms with van der Waals surface area (Å²) in [5.74, 6) is 0.249. The maximum Gasteiger partial charge on any atom is 0.223 e. The molecule has 21 heavy (non-hydrogen) atoms. The number of carbonyl (C=O) groups excluding carboxylic acids is 1. The van der Waals surface area contributed by atoms with Crippen molar-refractivity contribution in [1.82, 2.24) is 19.8 Å². The van der Waals surface area contributed by atoms with Crippen molar-refractivity contribution in [2.45, 2.75) is 32.1 Å². The van der Waals surface area contributed by atoms with Crippen molar-refractivity contribution in [2.24, 2.45) is 0 Å². The van der Waals surface area contributed by atoms with Crippen LogP contribution in [0, 0.1) is 6.92 Å². The average Bonchev–Trinajstić information content (AvgIpc) is 2.84. The van der Waals surface area contributed by atoms with E-state index in [0.29, 0.717) is 6.54 Å². The van der Waals surface area contributed by atoms with Crippen LogP contribution in [-0.4, -0.2) is 55.3 Å². The lowest BCUT2D eigenvalue weighted by Gasteiger charge is -2.32. The summed E-state index contributed by atoms with van der Waals surface area (Å²) >= 11 is 0. The highest BCUT2D eigenvalue weighted by molar-refractivity contribution is 7.88. The lowest BCUT2D eigenvalue weighted by atomic mass is 9.94. The van der Waals surface area contributed by atoms with E-state index in [0.717, 1.165) is 37.0 Å². The first kappa shape index (κ1) is 16.0. The van der Waals surface area contributed by atoms with Crippen molar-refractivity contribution in [3.05, 3.63) is 17.5 Å². The summed E-state index contributed by atoms with van der Waals surface area (Å²) in [5.41, 5.74) is 2.02. The molecule has 1 saturated heterocycles. The van der Waals surface area contributed by atoms with Gasteiger partial charge in [-0.05, 0) is 25.8 Å². The molecule has 1 atom stereocenters. The molecule has 1 aliphatic rings. The quantitative estimate of drug-likeness (QED) is 0.820. The van der Waals surface area contributed by atoms with Crippen LogP contribution in [-0.2, 0) is 14.8 Å². The third-order valence-electron chi connectivity index (χ3n) is 3.62. The van der Waals surface area contributed by atoms with Crippen molar-refractivity contribution >= 4 is 15.9 Å². The molecule has 0 aromatic carbocycles. The van der Waals surface area contributed by atoms with E-state index in [1.54, 1.807) is 0 Å². The minimum absolute atomic E-state index is 0.0110. The Hall–Kier alpha value is -1.41. The number of nitrogens with one attached hydrogen (secondary N) is 2. The van der Waals surface area contributed by atoms with Gasteiger partial charge in [-0.25, -0.2) is 13.1 Å². The molecule has 0 radical (unpaired) electrons. The Labute approximate surface area is 125 Å². The molecule has 2 N–H and O–H groups in total. The predicted octanol–water partition coefficient (Wildman–Crippen LogP) is 0.363. The molecule has 1 amide bonds. The average molecular weight is 314 g/mol. The Kier molecular flexibility index (Phi) is 5.00. The number of carbonyl (C=O) groups is 1. The van der Waals surface area contributed by atoms with Gasteiger partial charge in [0.1, 0.15) is 0 Å². The molecule has 0 saturated carbocycles. The highest BCUT2D eigenvalue weighted by Gasteiger charge is 2.25. The van der Waals surface area contributed by atoms with Crippen LogP contribution in [0.1, 0.15) is 36.6 Å². The van der Waals surface area contributed by atoms with Crippen LogP contribution in [0.4, 0.5) is 0 Å². The number of hydrogen-bond donors (Lipinski definition) is 2. The van der Waals surface area contributed by atoms with Crippen LogP contribution in [0.25, 0.3) is 0 Å². The predicted molar refractivity (Wildman–Crippen MR) is 79.3 cm³/mol. The summed E-state index contributed by atoms with van der Waals surface area (Å²) in [7, 11) is -3.24.